The third-order valence-electron chi connectivity index (χ3n) is 3.76. The van der Waals surface area contributed by atoms with Crippen LogP contribution in [0.25, 0.3) is 0 Å². The third kappa shape index (κ3) is 4.39. The van der Waals surface area contributed by atoms with Gasteiger partial charge in [0.05, 0.1) is 0 Å². The molecule has 2 aromatic heterocycles. The van der Waals surface area contributed by atoms with Crippen LogP contribution < -0.4 is 10.6 Å². The Balaban J connectivity index is 1.68. The van der Waals surface area contributed by atoms with Crippen LogP contribution >= 0.6 is 0 Å². The normalized spacial score (nSPS) is 10.6. The van der Waals surface area contributed by atoms with Crippen LogP contribution in [0.2, 0.25) is 0 Å². The summed E-state index contributed by atoms with van der Waals surface area (Å²) in [5, 5.41) is 13.8. The van der Waals surface area contributed by atoms with E-state index in [0.29, 0.717) is 23.6 Å². The number of aryl methyl sites for hydroxylation is 1. The summed E-state index contributed by atoms with van der Waals surface area (Å²) in [6.45, 7) is 2.78. The molecule has 0 aliphatic heterocycles. The van der Waals surface area contributed by atoms with Crippen LogP contribution in [0.15, 0.2) is 48.8 Å². The van der Waals surface area contributed by atoms with Crippen molar-refractivity contribution in [3.63, 3.8) is 0 Å². The summed E-state index contributed by atoms with van der Waals surface area (Å²) in [6, 6.07) is 10.1. The van der Waals surface area contributed by atoms with Gasteiger partial charge in [-0.25, -0.2) is 4.68 Å². The second-order valence-corrected chi connectivity index (χ2v) is 5.68. The van der Waals surface area contributed by atoms with Gasteiger partial charge in [-0.05, 0) is 37.3 Å². The Kier molecular flexibility index (Phi) is 5.62. The van der Waals surface area contributed by atoms with Crippen LogP contribution in [-0.4, -0.2) is 38.5 Å². The second kappa shape index (κ2) is 8.28. The topological polar surface area (TPSA) is 103 Å². The average molecular weight is 368 g/mol. The number of rotatable bonds is 7. The Bertz CT molecular complexity index is 946. The third-order valence-corrected chi connectivity index (χ3v) is 3.76. The summed E-state index contributed by atoms with van der Waals surface area (Å²) in [4.78, 5) is 24.7. The summed E-state index contributed by atoms with van der Waals surface area (Å²) < 4.78 is 8.09. The fraction of sp³-hybridized carbons (Fsp3) is 0.222. The highest BCUT2D eigenvalue weighted by Gasteiger charge is 2.13. The van der Waals surface area contributed by atoms with Crippen LogP contribution in [-0.2, 0) is 18.0 Å². The quantitative estimate of drug-likeness (QED) is 0.665. The van der Waals surface area contributed by atoms with E-state index in [9.17, 15) is 9.59 Å². The lowest BCUT2D eigenvalue weighted by Gasteiger charge is -2.09. The lowest BCUT2D eigenvalue weighted by Crippen LogP contribution is -2.18. The minimum Gasteiger partial charge on any atom is -0.362 e. The van der Waals surface area contributed by atoms with E-state index in [1.807, 2.05) is 6.92 Å². The van der Waals surface area contributed by atoms with Crippen molar-refractivity contribution in [2.75, 3.05) is 17.7 Å². The minimum absolute atomic E-state index is 0.267. The number of hydrogen-bond acceptors (Lipinski definition) is 5. The van der Waals surface area contributed by atoms with Crippen molar-refractivity contribution in [3.8, 4) is 0 Å². The van der Waals surface area contributed by atoms with Crippen molar-refractivity contribution >= 4 is 23.2 Å². The summed E-state index contributed by atoms with van der Waals surface area (Å²) >= 11 is 0. The first kappa shape index (κ1) is 18.3. The molecule has 2 heterocycles. The number of methoxy groups -OCH3 is 1. The highest BCUT2D eigenvalue weighted by molar-refractivity contribution is 6.05. The van der Waals surface area contributed by atoms with Crippen LogP contribution in [0.1, 0.15) is 27.9 Å². The maximum Gasteiger partial charge on any atom is 0.276 e. The molecule has 27 heavy (non-hydrogen) atoms. The van der Waals surface area contributed by atoms with Gasteiger partial charge in [0.25, 0.3) is 11.8 Å². The molecule has 140 valence electrons. The highest BCUT2D eigenvalue weighted by Crippen LogP contribution is 2.17. The highest BCUT2D eigenvalue weighted by atomic mass is 16.5. The van der Waals surface area contributed by atoms with Crippen molar-refractivity contribution < 1.29 is 14.3 Å². The van der Waals surface area contributed by atoms with E-state index in [4.69, 9.17) is 4.74 Å². The predicted molar refractivity (Wildman–Crippen MR) is 99.5 cm³/mol. The molecule has 0 atom stereocenters. The van der Waals surface area contributed by atoms with Crippen LogP contribution in [0, 0.1) is 0 Å². The first-order chi connectivity index (χ1) is 13.1. The van der Waals surface area contributed by atoms with Gasteiger partial charge in [0.1, 0.15) is 12.4 Å². The maximum absolute atomic E-state index is 12.4. The zero-order valence-electron chi connectivity index (χ0n) is 15.0. The fourth-order valence-corrected chi connectivity index (χ4v) is 2.53. The maximum atomic E-state index is 12.4. The van der Waals surface area contributed by atoms with E-state index < -0.39 is 0 Å². The predicted octanol–water partition coefficient (Wildman–Crippen LogP) is 2.21. The molecule has 3 aromatic rings. The smallest absolute Gasteiger partial charge is 0.276 e. The standard InChI is InChI=1S/C18H20N6O3/c1-3-24-16(7-9-19-24)18(26)21-14-6-4-5-13(11-14)20-17(25)15-8-10-23(22-15)12-27-2/h4-11H,3,12H2,1-2H3,(H,20,25)(H,21,26). The van der Waals surface area contributed by atoms with E-state index in [-0.39, 0.29) is 24.2 Å². The zero-order valence-corrected chi connectivity index (χ0v) is 15.0. The van der Waals surface area contributed by atoms with E-state index >= 15 is 0 Å². The SMILES string of the molecule is CCn1nccc1C(=O)Nc1cccc(NC(=O)c2ccn(COC)n2)c1. The first-order valence-corrected chi connectivity index (χ1v) is 8.37. The van der Waals surface area contributed by atoms with Crippen molar-refractivity contribution in [1.29, 1.82) is 0 Å². The molecule has 2 N–H and O–H groups in total. The first-order valence-electron chi connectivity index (χ1n) is 8.37. The summed E-state index contributed by atoms with van der Waals surface area (Å²) in [6.07, 6.45) is 3.24. The van der Waals surface area contributed by atoms with Gasteiger partial charge >= 0.3 is 0 Å². The minimum atomic E-state index is -0.350. The fourth-order valence-electron chi connectivity index (χ4n) is 2.53. The molecule has 0 fully saturated rings. The molecule has 0 spiro atoms. The van der Waals surface area contributed by atoms with Gasteiger partial charge in [-0.1, -0.05) is 6.07 Å². The number of benzene rings is 1. The Morgan fingerprint density at radius 1 is 1.11 bits per heavy atom. The molecule has 0 bridgehead atoms. The summed E-state index contributed by atoms with van der Waals surface area (Å²) in [7, 11) is 1.55. The molecule has 3 rings (SSSR count). The van der Waals surface area contributed by atoms with Crippen molar-refractivity contribution in [1.82, 2.24) is 19.6 Å². The van der Waals surface area contributed by atoms with Gasteiger partial charge in [-0.15, -0.1) is 0 Å². The molecule has 9 heteroatoms. The Labute approximate surface area is 155 Å². The molecule has 2 amide bonds. The number of hydrogen-bond donors (Lipinski definition) is 2. The lowest BCUT2D eigenvalue weighted by atomic mass is 10.2. The molecule has 0 aliphatic rings. The summed E-state index contributed by atoms with van der Waals surface area (Å²) in [5.41, 5.74) is 1.85. The van der Waals surface area contributed by atoms with Gasteiger partial charge in [0, 0.05) is 37.4 Å². The Morgan fingerprint density at radius 3 is 2.56 bits per heavy atom. The molecular formula is C18H20N6O3. The molecular weight excluding hydrogens is 348 g/mol. The van der Waals surface area contributed by atoms with Gasteiger partial charge in [0.2, 0.25) is 0 Å². The molecule has 0 unspecified atom stereocenters. The van der Waals surface area contributed by atoms with Gasteiger partial charge in [-0.2, -0.15) is 10.2 Å². The molecule has 0 aliphatic carbocycles. The Hall–Kier alpha value is -3.46. The number of anilines is 2. The summed E-state index contributed by atoms with van der Waals surface area (Å²) in [5.74, 6) is -0.617. The van der Waals surface area contributed by atoms with E-state index in [1.165, 1.54) is 4.68 Å². The van der Waals surface area contributed by atoms with Gasteiger partial charge in [-0.3, -0.25) is 14.3 Å². The number of carbonyl (C=O) groups excluding carboxylic acids is 2. The lowest BCUT2D eigenvalue weighted by molar-refractivity contribution is 0.100. The number of amides is 2. The van der Waals surface area contributed by atoms with E-state index in [0.717, 1.165) is 0 Å². The number of nitrogens with one attached hydrogen (secondary N) is 2. The zero-order chi connectivity index (χ0) is 19.2. The largest absolute Gasteiger partial charge is 0.362 e. The van der Waals surface area contributed by atoms with Crippen molar-refractivity contribution in [3.05, 3.63) is 60.2 Å². The molecule has 1 aromatic carbocycles. The van der Waals surface area contributed by atoms with E-state index in [2.05, 4.69) is 20.8 Å². The van der Waals surface area contributed by atoms with Gasteiger partial charge in [0.15, 0.2) is 5.69 Å². The molecule has 0 radical (unpaired) electrons. The number of ether oxygens (including phenoxy) is 1. The molecule has 0 saturated heterocycles. The van der Waals surface area contributed by atoms with E-state index in [1.54, 1.807) is 60.6 Å². The van der Waals surface area contributed by atoms with Crippen molar-refractivity contribution in [2.24, 2.45) is 0 Å². The van der Waals surface area contributed by atoms with Crippen LogP contribution in [0.5, 0.6) is 0 Å². The number of nitrogens with zero attached hydrogens (tertiary/aromatic N) is 4. The molecule has 9 nitrogen and oxygen atoms in total. The van der Waals surface area contributed by atoms with Gasteiger partial charge < -0.3 is 15.4 Å². The van der Waals surface area contributed by atoms with Crippen LogP contribution in [0.3, 0.4) is 0 Å². The second-order valence-electron chi connectivity index (χ2n) is 5.68. The Morgan fingerprint density at radius 2 is 1.85 bits per heavy atom. The number of aromatic nitrogens is 4. The number of carbonyl (C=O) groups is 2. The monoisotopic (exact) mass is 368 g/mol. The van der Waals surface area contributed by atoms with Crippen LogP contribution in [0.4, 0.5) is 11.4 Å². The van der Waals surface area contributed by atoms with Crippen molar-refractivity contribution in [2.45, 2.75) is 20.2 Å². The average Bonchev–Trinajstić information content (AvgIpc) is 3.31. The molecule has 0 saturated carbocycles.